The monoisotopic (exact) mass is 619 g/mol. The maximum atomic E-state index is 12.3. The first kappa shape index (κ1) is 34.7. The van der Waals surface area contributed by atoms with Crippen molar-refractivity contribution >= 4 is 39.8 Å². The number of nitrogens with one attached hydrogen (secondary N) is 4. The number of nitrogens with two attached hydrogens (primary N) is 1. The van der Waals surface area contributed by atoms with E-state index in [1.165, 1.54) is 12.1 Å². The zero-order valence-corrected chi connectivity index (χ0v) is 24.5. The number of carboxylic acid groups (broad SMARTS) is 2. The predicted octanol–water partition coefficient (Wildman–Crippen LogP) is 0.887. The molecule has 14 nitrogen and oxygen atoms in total. The number of sulfonamides is 1. The lowest BCUT2D eigenvalue weighted by molar-refractivity contribution is -0.139. The molecule has 0 bridgehead atoms. The standard InChI is InChI=1S/C28H37N5O9S/c1-18-5-4-6-20(17-18)25(35)31-15-3-2-7-22(26(36)37)32-28(40)33-23(27(38)39)12-13-24(34)30-16-14-19-8-10-21(11-9-19)43(29,41)42/h4-6,8-11,17,22-23H,2-3,7,12-16H2,1H3,(H,30,34)(H,31,35)(H,36,37)(H,38,39)(H2,29,41,42)(H2,32,33,40). The van der Waals surface area contributed by atoms with Crippen LogP contribution in [0.5, 0.6) is 0 Å². The van der Waals surface area contributed by atoms with Crippen LogP contribution in [0.4, 0.5) is 4.79 Å². The molecule has 4 amide bonds. The van der Waals surface area contributed by atoms with Gasteiger partial charge in [0.25, 0.3) is 5.91 Å². The van der Waals surface area contributed by atoms with Crippen LogP contribution >= 0.6 is 0 Å². The minimum atomic E-state index is -3.81. The van der Waals surface area contributed by atoms with Crippen molar-refractivity contribution in [3.8, 4) is 0 Å². The van der Waals surface area contributed by atoms with Gasteiger partial charge in [0.2, 0.25) is 15.9 Å². The van der Waals surface area contributed by atoms with E-state index >= 15 is 0 Å². The topological polar surface area (TPSA) is 234 Å². The first-order chi connectivity index (χ1) is 20.3. The SMILES string of the molecule is Cc1cccc(C(=O)NCCCCC(NC(=O)NC(CCC(=O)NCCc2ccc(S(N)(=O)=O)cc2)C(=O)O)C(=O)O)c1. The van der Waals surface area contributed by atoms with Gasteiger partial charge in [-0.25, -0.2) is 27.9 Å². The summed E-state index contributed by atoms with van der Waals surface area (Å²) in [5.74, 6) is -3.41. The second-order valence-electron chi connectivity index (χ2n) is 9.85. The molecule has 0 spiro atoms. The average Bonchev–Trinajstić information content (AvgIpc) is 2.93. The number of carbonyl (C=O) groups is 5. The molecule has 0 aliphatic carbocycles. The van der Waals surface area contributed by atoms with Gasteiger partial charge in [0.1, 0.15) is 12.1 Å². The number of urea groups is 1. The second kappa shape index (κ2) is 16.8. The number of amides is 4. The van der Waals surface area contributed by atoms with Crippen molar-refractivity contribution in [3.05, 3.63) is 65.2 Å². The normalized spacial score (nSPS) is 12.4. The predicted molar refractivity (Wildman–Crippen MR) is 156 cm³/mol. The quantitative estimate of drug-likeness (QED) is 0.124. The highest BCUT2D eigenvalue weighted by Crippen LogP contribution is 2.09. The van der Waals surface area contributed by atoms with Crippen LogP contribution in [0.2, 0.25) is 0 Å². The molecule has 2 aromatic carbocycles. The summed E-state index contributed by atoms with van der Waals surface area (Å²) >= 11 is 0. The Morgan fingerprint density at radius 1 is 0.837 bits per heavy atom. The van der Waals surface area contributed by atoms with Crippen molar-refractivity contribution < 1.29 is 42.6 Å². The number of carbonyl (C=O) groups excluding carboxylic acids is 3. The summed E-state index contributed by atoms with van der Waals surface area (Å²) in [6.07, 6.45) is 0.792. The number of unbranched alkanes of at least 4 members (excludes halogenated alkanes) is 1. The summed E-state index contributed by atoms with van der Waals surface area (Å²) in [6, 6.07) is 9.16. The van der Waals surface area contributed by atoms with Gasteiger partial charge in [-0.15, -0.1) is 0 Å². The molecule has 0 aliphatic heterocycles. The number of benzene rings is 2. The lowest BCUT2D eigenvalue weighted by Gasteiger charge is -2.18. The molecular weight excluding hydrogens is 582 g/mol. The van der Waals surface area contributed by atoms with Gasteiger partial charge in [-0.1, -0.05) is 29.8 Å². The lowest BCUT2D eigenvalue weighted by atomic mass is 10.1. The highest BCUT2D eigenvalue weighted by molar-refractivity contribution is 7.89. The molecule has 0 aliphatic rings. The van der Waals surface area contributed by atoms with Gasteiger partial charge < -0.3 is 31.5 Å². The average molecular weight is 620 g/mol. The summed E-state index contributed by atoms with van der Waals surface area (Å²) in [7, 11) is -3.81. The van der Waals surface area contributed by atoms with E-state index in [-0.39, 0.29) is 36.6 Å². The number of primary sulfonamides is 1. The molecule has 2 atom stereocenters. The molecule has 0 radical (unpaired) electrons. The van der Waals surface area contributed by atoms with Crippen LogP contribution in [0.1, 0.15) is 53.6 Å². The molecule has 2 unspecified atom stereocenters. The van der Waals surface area contributed by atoms with Crippen LogP contribution in [0.3, 0.4) is 0 Å². The fourth-order valence-electron chi connectivity index (χ4n) is 3.99. The van der Waals surface area contributed by atoms with Crippen LogP contribution in [0.25, 0.3) is 0 Å². The minimum absolute atomic E-state index is 0.0363. The largest absolute Gasteiger partial charge is 0.480 e. The maximum Gasteiger partial charge on any atom is 0.326 e. The summed E-state index contributed by atoms with van der Waals surface area (Å²) in [5.41, 5.74) is 2.21. The molecule has 0 saturated heterocycles. The Bertz CT molecular complexity index is 1400. The van der Waals surface area contributed by atoms with E-state index in [2.05, 4.69) is 21.3 Å². The first-order valence-corrected chi connectivity index (χ1v) is 15.1. The van der Waals surface area contributed by atoms with E-state index in [9.17, 15) is 42.6 Å². The number of rotatable bonds is 17. The van der Waals surface area contributed by atoms with Gasteiger partial charge in [-0.05, 0) is 68.9 Å². The molecule has 15 heteroatoms. The molecule has 43 heavy (non-hydrogen) atoms. The van der Waals surface area contributed by atoms with Gasteiger partial charge >= 0.3 is 18.0 Å². The summed E-state index contributed by atoms with van der Waals surface area (Å²) in [4.78, 5) is 59.9. The Morgan fingerprint density at radius 3 is 2.05 bits per heavy atom. The highest BCUT2D eigenvalue weighted by atomic mass is 32.2. The van der Waals surface area contributed by atoms with Gasteiger partial charge in [-0.2, -0.15) is 0 Å². The number of hydrogen-bond donors (Lipinski definition) is 7. The van der Waals surface area contributed by atoms with Crippen molar-refractivity contribution in [2.24, 2.45) is 5.14 Å². The lowest BCUT2D eigenvalue weighted by Crippen LogP contribution is -2.51. The Kier molecular flexibility index (Phi) is 13.6. The summed E-state index contributed by atoms with van der Waals surface area (Å²) in [5, 5.41) is 33.8. The highest BCUT2D eigenvalue weighted by Gasteiger charge is 2.25. The van der Waals surface area contributed by atoms with Crippen molar-refractivity contribution in [1.29, 1.82) is 0 Å². The van der Waals surface area contributed by atoms with Gasteiger partial charge in [0, 0.05) is 25.1 Å². The molecule has 2 aromatic rings. The summed E-state index contributed by atoms with van der Waals surface area (Å²) < 4.78 is 22.6. The molecule has 234 valence electrons. The van der Waals surface area contributed by atoms with Crippen LogP contribution in [-0.4, -0.2) is 73.6 Å². The van der Waals surface area contributed by atoms with Gasteiger partial charge in [0.15, 0.2) is 0 Å². The Labute approximate surface area is 249 Å². The van der Waals surface area contributed by atoms with Crippen molar-refractivity contribution in [1.82, 2.24) is 21.3 Å². The number of aliphatic carboxylic acids is 2. The van der Waals surface area contributed by atoms with Crippen molar-refractivity contribution in [2.45, 2.75) is 62.4 Å². The summed E-state index contributed by atoms with van der Waals surface area (Å²) in [6.45, 7) is 2.38. The zero-order valence-electron chi connectivity index (χ0n) is 23.7. The molecular formula is C28H37N5O9S. The van der Waals surface area contributed by atoms with Crippen molar-refractivity contribution in [3.63, 3.8) is 0 Å². The van der Waals surface area contributed by atoms with Crippen molar-refractivity contribution in [2.75, 3.05) is 13.1 Å². The van der Waals surface area contributed by atoms with E-state index in [0.717, 1.165) is 11.1 Å². The van der Waals surface area contributed by atoms with E-state index in [4.69, 9.17) is 5.14 Å². The zero-order chi connectivity index (χ0) is 32.0. The Balaban J connectivity index is 1.72. The van der Waals surface area contributed by atoms with Crippen LogP contribution in [-0.2, 0) is 30.8 Å². The van der Waals surface area contributed by atoms with E-state index in [0.29, 0.717) is 31.4 Å². The minimum Gasteiger partial charge on any atom is -0.480 e. The van der Waals surface area contributed by atoms with Gasteiger partial charge in [0.05, 0.1) is 4.90 Å². The fourth-order valence-corrected chi connectivity index (χ4v) is 4.51. The second-order valence-corrected chi connectivity index (χ2v) is 11.4. The number of carboxylic acids is 2. The van der Waals surface area contributed by atoms with Gasteiger partial charge in [-0.3, -0.25) is 9.59 Å². The first-order valence-electron chi connectivity index (χ1n) is 13.5. The molecule has 2 rings (SSSR count). The third-order valence-electron chi connectivity index (χ3n) is 6.34. The van der Waals surface area contributed by atoms with E-state index < -0.39 is 46.0 Å². The number of aryl methyl sites for hydroxylation is 1. The Hall–Kier alpha value is -4.50. The fraction of sp³-hybridized carbons (Fsp3) is 0.393. The van der Waals surface area contributed by atoms with Crippen LogP contribution in [0.15, 0.2) is 53.4 Å². The molecule has 8 N–H and O–H groups in total. The molecule has 0 aromatic heterocycles. The number of hydrogen-bond acceptors (Lipinski definition) is 7. The van der Waals surface area contributed by atoms with Crippen LogP contribution in [0, 0.1) is 6.92 Å². The maximum absolute atomic E-state index is 12.3. The van der Waals surface area contributed by atoms with E-state index in [1.807, 2.05) is 13.0 Å². The third-order valence-corrected chi connectivity index (χ3v) is 7.27. The molecule has 0 heterocycles. The molecule has 0 fully saturated rings. The van der Waals surface area contributed by atoms with Crippen LogP contribution < -0.4 is 26.4 Å². The Morgan fingerprint density at radius 2 is 1.47 bits per heavy atom. The third kappa shape index (κ3) is 12.9. The smallest absolute Gasteiger partial charge is 0.326 e. The van der Waals surface area contributed by atoms with E-state index in [1.54, 1.807) is 30.3 Å². The molecule has 0 saturated carbocycles.